The fourth-order valence-corrected chi connectivity index (χ4v) is 4.66. The maximum Gasteiger partial charge on any atom is 0.277 e. The molecule has 0 radical (unpaired) electrons. The molecule has 0 heterocycles. The van der Waals surface area contributed by atoms with Crippen LogP contribution in [0.1, 0.15) is 12.5 Å². The number of phenols is 1. The molecule has 144 valence electrons. The van der Waals surface area contributed by atoms with Gasteiger partial charge in [-0.25, -0.2) is 5.43 Å². The van der Waals surface area contributed by atoms with Crippen LogP contribution in [0.5, 0.6) is 17.2 Å². The van der Waals surface area contributed by atoms with Crippen LogP contribution in [0.15, 0.2) is 42.8 Å². The van der Waals surface area contributed by atoms with E-state index in [0.29, 0.717) is 26.9 Å². The van der Waals surface area contributed by atoms with Crippen molar-refractivity contribution in [2.45, 2.75) is 6.92 Å². The number of hydrogen-bond donors (Lipinski definition) is 2. The Morgan fingerprint density at radius 3 is 2.52 bits per heavy atom. The molecular weight excluding hydrogens is 571 g/mol. The molecular formula is C17H14Br3ClN2O4. The van der Waals surface area contributed by atoms with E-state index in [0.717, 1.165) is 4.47 Å². The van der Waals surface area contributed by atoms with E-state index in [1.165, 1.54) is 12.3 Å². The van der Waals surface area contributed by atoms with E-state index in [-0.39, 0.29) is 23.1 Å². The van der Waals surface area contributed by atoms with Crippen LogP contribution in [0.25, 0.3) is 0 Å². The first-order valence-corrected chi connectivity index (χ1v) is 10.3. The Balaban J connectivity index is 1.96. The molecule has 0 aliphatic carbocycles. The van der Waals surface area contributed by atoms with Gasteiger partial charge in [0.2, 0.25) is 0 Å². The zero-order valence-corrected chi connectivity index (χ0v) is 19.4. The summed E-state index contributed by atoms with van der Waals surface area (Å²) in [6.07, 6.45) is 1.39. The second kappa shape index (κ2) is 10.3. The number of phenolic OH excluding ortho intramolecular Hbond substituents is 1. The third kappa shape index (κ3) is 6.38. The van der Waals surface area contributed by atoms with Crippen molar-refractivity contribution in [1.29, 1.82) is 0 Å². The molecule has 27 heavy (non-hydrogen) atoms. The highest BCUT2D eigenvalue weighted by Crippen LogP contribution is 2.36. The second-order valence-corrected chi connectivity index (χ2v) is 8.09. The highest BCUT2D eigenvalue weighted by Gasteiger charge is 2.11. The molecule has 2 rings (SSSR count). The van der Waals surface area contributed by atoms with Crippen molar-refractivity contribution in [3.8, 4) is 17.2 Å². The van der Waals surface area contributed by atoms with E-state index in [1.807, 2.05) is 0 Å². The lowest BCUT2D eigenvalue weighted by Crippen LogP contribution is -2.24. The van der Waals surface area contributed by atoms with Gasteiger partial charge in [0.05, 0.1) is 26.8 Å². The van der Waals surface area contributed by atoms with Crippen LogP contribution in [0.4, 0.5) is 0 Å². The van der Waals surface area contributed by atoms with Crippen molar-refractivity contribution >= 4 is 71.5 Å². The van der Waals surface area contributed by atoms with Gasteiger partial charge in [0.25, 0.3) is 5.91 Å². The Morgan fingerprint density at radius 2 is 1.89 bits per heavy atom. The van der Waals surface area contributed by atoms with Gasteiger partial charge in [0.15, 0.2) is 18.1 Å². The van der Waals surface area contributed by atoms with Gasteiger partial charge in [-0.3, -0.25) is 4.79 Å². The molecule has 0 atom stereocenters. The summed E-state index contributed by atoms with van der Waals surface area (Å²) in [5.74, 6) is 0.164. The number of hydrazone groups is 1. The fraction of sp³-hybridized carbons (Fsp3) is 0.176. The van der Waals surface area contributed by atoms with Gasteiger partial charge >= 0.3 is 0 Å². The van der Waals surface area contributed by atoms with Crippen LogP contribution in [0.2, 0.25) is 5.02 Å². The predicted molar refractivity (Wildman–Crippen MR) is 115 cm³/mol. The average Bonchev–Trinajstić information content (AvgIpc) is 2.58. The SMILES string of the molecule is CCOc1cc(C=NNC(=O)COc2c(Br)cc(Br)cc2Br)cc(Cl)c1O. The Labute approximate surface area is 186 Å². The molecule has 0 aliphatic rings. The van der Waals surface area contributed by atoms with Gasteiger partial charge in [0.1, 0.15) is 5.75 Å². The number of benzene rings is 2. The molecule has 0 unspecified atom stereocenters. The van der Waals surface area contributed by atoms with Crippen LogP contribution in [-0.2, 0) is 4.79 Å². The summed E-state index contributed by atoms with van der Waals surface area (Å²) in [5, 5.41) is 13.8. The number of amides is 1. The number of rotatable bonds is 7. The summed E-state index contributed by atoms with van der Waals surface area (Å²) in [4.78, 5) is 11.9. The molecule has 1 amide bonds. The quantitative estimate of drug-likeness (QED) is 0.343. The van der Waals surface area contributed by atoms with Gasteiger partial charge in [-0.2, -0.15) is 5.10 Å². The van der Waals surface area contributed by atoms with E-state index in [4.69, 9.17) is 21.1 Å². The number of carbonyl (C=O) groups is 1. The van der Waals surface area contributed by atoms with Crippen LogP contribution in [0, 0.1) is 0 Å². The van der Waals surface area contributed by atoms with Crippen LogP contribution < -0.4 is 14.9 Å². The van der Waals surface area contributed by atoms with E-state index in [2.05, 4.69) is 58.3 Å². The zero-order chi connectivity index (χ0) is 20.0. The minimum atomic E-state index is -0.442. The van der Waals surface area contributed by atoms with Crippen molar-refractivity contribution in [1.82, 2.24) is 5.43 Å². The molecule has 2 aromatic rings. The van der Waals surface area contributed by atoms with Crippen LogP contribution in [0.3, 0.4) is 0 Å². The number of nitrogens with zero attached hydrogens (tertiary/aromatic N) is 1. The van der Waals surface area contributed by atoms with E-state index in [9.17, 15) is 9.90 Å². The molecule has 0 aliphatic heterocycles. The third-order valence-electron chi connectivity index (χ3n) is 3.06. The Hall–Kier alpha value is -1.29. The first-order chi connectivity index (χ1) is 12.8. The van der Waals surface area contributed by atoms with Gasteiger partial charge in [-0.1, -0.05) is 27.5 Å². The van der Waals surface area contributed by atoms with E-state index >= 15 is 0 Å². The number of hydrogen-bond acceptors (Lipinski definition) is 5. The molecule has 0 spiro atoms. The Kier molecular flexibility index (Phi) is 8.40. The van der Waals surface area contributed by atoms with Crippen molar-refractivity contribution in [2.24, 2.45) is 5.10 Å². The highest BCUT2D eigenvalue weighted by molar-refractivity contribution is 9.11. The van der Waals surface area contributed by atoms with Crippen molar-refractivity contribution in [2.75, 3.05) is 13.2 Å². The monoisotopic (exact) mass is 582 g/mol. The average molecular weight is 585 g/mol. The predicted octanol–water partition coefficient (Wildman–Crippen LogP) is 5.26. The maximum absolute atomic E-state index is 11.9. The molecule has 2 aromatic carbocycles. The second-order valence-electron chi connectivity index (χ2n) is 5.06. The summed E-state index contributed by atoms with van der Waals surface area (Å²) in [6.45, 7) is 1.94. The van der Waals surface area contributed by atoms with Crippen LogP contribution >= 0.6 is 59.4 Å². The molecule has 0 fully saturated rings. The van der Waals surface area contributed by atoms with Crippen LogP contribution in [-0.4, -0.2) is 30.4 Å². The van der Waals surface area contributed by atoms with E-state index in [1.54, 1.807) is 25.1 Å². The van der Waals surface area contributed by atoms with E-state index < -0.39 is 5.91 Å². The van der Waals surface area contributed by atoms with Gasteiger partial charge in [-0.15, -0.1) is 0 Å². The van der Waals surface area contributed by atoms with Gasteiger partial charge in [-0.05, 0) is 68.6 Å². The summed E-state index contributed by atoms with van der Waals surface area (Å²) >= 11 is 16.0. The summed E-state index contributed by atoms with van der Waals surface area (Å²) in [5.41, 5.74) is 2.91. The maximum atomic E-state index is 11.9. The van der Waals surface area contributed by atoms with Crippen molar-refractivity contribution < 1.29 is 19.4 Å². The normalized spacial score (nSPS) is 10.9. The smallest absolute Gasteiger partial charge is 0.277 e. The number of carbonyl (C=O) groups excluding carboxylic acids is 1. The molecule has 2 N–H and O–H groups in total. The zero-order valence-electron chi connectivity index (χ0n) is 13.9. The largest absolute Gasteiger partial charge is 0.503 e. The molecule has 6 nitrogen and oxygen atoms in total. The van der Waals surface area contributed by atoms with Gasteiger partial charge in [0, 0.05) is 4.47 Å². The van der Waals surface area contributed by atoms with Crippen molar-refractivity contribution in [3.05, 3.63) is 48.3 Å². The standard InChI is InChI=1S/C17H14Br3ClN2O4/c1-2-26-14-4-9(3-13(21)16(14)25)7-22-23-15(24)8-27-17-11(19)5-10(18)6-12(17)20/h3-7,25H,2,8H2,1H3,(H,23,24). The number of aromatic hydroxyl groups is 1. The molecule has 0 saturated heterocycles. The molecule has 0 bridgehead atoms. The number of ether oxygens (including phenoxy) is 2. The lowest BCUT2D eigenvalue weighted by molar-refractivity contribution is -0.123. The van der Waals surface area contributed by atoms with Crippen molar-refractivity contribution in [3.63, 3.8) is 0 Å². The number of halogens is 4. The molecule has 0 saturated carbocycles. The fourth-order valence-electron chi connectivity index (χ4n) is 1.95. The number of nitrogens with one attached hydrogen (secondary N) is 1. The summed E-state index contributed by atoms with van der Waals surface area (Å²) in [7, 11) is 0. The highest BCUT2D eigenvalue weighted by atomic mass is 79.9. The first-order valence-electron chi connectivity index (χ1n) is 7.56. The molecule has 10 heteroatoms. The third-order valence-corrected chi connectivity index (χ3v) is 4.99. The molecule has 0 aromatic heterocycles. The van der Waals surface area contributed by atoms with Gasteiger partial charge < -0.3 is 14.6 Å². The lowest BCUT2D eigenvalue weighted by Gasteiger charge is -2.10. The lowest BCUT2D eigenvalue weighted by atomic mass is 10.2. The topological polar surface area (TPSA) is 80.2 Å². The summed E-state index contributed by atoms with van der Waals surface area (Å²) < 4.78 is 13.0. The minimum Gasteiger partial charge on any atom is -0.503 e. The Bertz CT molecular complexity index is 854. The first kappa shape index (κ1) is 22.0. The summed E-state index contributed by atoms with van der Waals surface area (Å²) in [6, 6.07) is 6.68. The Morgan fingerprint density at radius 1 is 1.22 bits per heavy atom. The minimum absolute atomic E-state index is 0.127.